The molecular weight excluding hydrogens is 407 g/mol. The number of halogens is 1. The molecule has 0 unspecified atom stereocenters. The highest BCUT2D eigenvalue weighted by Crippen LogP contribution is 2.47. The number of aliphatic hydroxyl groups is 1. The van der Waals surface area contributed by atoms with Crippen LogP contribution in [0.15, 0.2) is 73.1 Å². The third-order valence-electron chi connectivity index (χ3n) is 4.70. The quantitative estimate of drug-likeness (QED) is 0.416. The van der Waals surface area contributed by atoms with Gasteiger partial charge in [0.15, 0.2) is 0 Å². The molecular formula is C26H17FN2OS. The summed E-state index contributed by atoms with van der Waals surface area (Å²) in [5, 5.41) is 18.6. The number of nitrogens with zero attached hydrogens (tertiary/aromatic N) is 2. The zero-order chi connectivity index (χ0) is 21.6. The van der Waals surface area contributed by atoms with Crippen molar-refractivity contribution in [1.29, 1.82) is 5.26 Å². The number of thiophene rings is 1. The lowest BCUT2D eigenvalue weighted by Gasteiger charge is -2.09. The molecule has 5 heteroatoms. The van der Waals surface area contributed by atoms with Gasteiger partial charge >= 0.3 is 0 Å². The van der Waals surface area contributed by atoms with Crippen LogP contribution in [0.1, 0.15) is 16.9 Å². The van der Waals surface area contributed by atoms with Crippen molar-refractivity contribution in [3.8, 4) is 50.6 Å². The number of hydrogen-bond acceptors (Lipinski definition) is 4. The van der Waals surface area contributed by atoms with Crippen molar-refractivity contribution in [1.82, 2.24) is 4.98 Å². The van der Waals surface area contributed by atoms with E-state index >= 15 is 0 Å². The fourth-order valence-corrected chi connectivity index (χ4v) is 4.56. The van der Waals surface area contributed by atoms with Gasteiger partial charge in [-0.1, -0.05) is 36.1 Å². The van der Waals surface area contributed by atoms with E-state index in [1.165, 1.54) is 23.5 Å². The Morgan fingerprint density at radius 1 is 0.935 bits per heavy atom. The van der Waals surface area contributed by atoms with Gasteiger partial charge in [-0.3, -0.25) is 4.98 Å². The summed E-state index contributed by atoms with van der Waals surface area (Å²) in [5.41, 5.74) is 5.15. The van der Waals surface area contributed by atoms with Crippen LogP contribution in [0.5, 0.6) is 0 Å². The van der Waals surface area contributed by atoms with Gasteiger partial charge in [-0.25, -0.2) is 4.39 Å². The first-order valence-electron chi connectivity index (χ1n) is 9.64. The predicted octanol–water partition coefficient (Wildman–Crippen LogP) is 5.89. The summed E-state index contributed by atoms with van der Waals surface area (Å²) in [7, 11) is 0. The van der Waals surface area contributed by atoms with Gasteiger partial charge in [-0.15, -0.1) is 11.3 Å². The summed E-state index contributed by atoms with van der Waals surface area (Å²) in [6, 6.07) is 19.9. The maximum atomic E-state index is 13.6. The lowest BCUT2D eigenvalue weighted by molar-refractivity contribution is 0.305. The summed E-state index contributed by atoms with van der Waals surface area (Å²) in [6.45, 7) is -0.0142. The molecule has 0 aliphatic carbocycles. The fourth-order valence-electron chi connectivity index (χ4n) is 3.34. The molecule has 0 aliphatic rings. The van der Waals surface area contributed by atoms with Crippen molar-refractivity contribution >= 4 is 11.3 Å². The van der Waals surface area contributed by atoms with Crippen LogP contribution in [-0.4, -0.2) is 16.7 Å². The molecule has 0 saturated carbocycles. The second kappa shape index (κ2) is 9.36. The zero-order valence-electron chi connectivity index (χ0n) is 16.5. The molecule has 0 saturated heterocycles. The summed E-state index contributed by atoms with van der Waals surface area (Å²) in [5.74, 6) is 5.92. The van der Waals surface area contributed by atoms with Crippen molar-refractivity contribution in [2.45, 2.75) is 6.42 Å². The normalized spacial score (nSPS) is 10.2. The number of aromatic nitrogens is 1. The lowest BCUT2D eigenvalue weighted by Crippen LogP contribution is -1.87. The first-order chi connectivity index (χ1) is 15.2. The fraction of sp³-hybridized carbons (Fsp3) is 0.0769. The second-order valence-corrected chi connectivity index (χ2v) is 7.74. The van der Waals surface area contributed by atoms with Crippen molar-refractivity contribution in [2.75, 3.05) is 6.61 Å². The predicted molar refractivity (Wildman–Crippen MR) is 122 cm³/mol. The van der Waals surface area contributed by atoms with Crippen LogP contribution in [0.4, 0.5) is 4.39 Å². The van der Waals surface area contributed by atoms with Gasteiger partial charge in [-0.05, 0) is 53.1 Å². The van der Waals surface area contributed by atoms with Crippen molar-refractivity contribution in [3.05, 3.63) is 89.3 Å². The van der Waals surface area contributed by atoms with Crippen LogP contribution in [0.3, 0.4) is 0 Å². The molecule has 2 heterocycles. The van der Waals surface area contributed by atoms with E-state index in [1.54, 1.807) is 30.6 Å². The maximum Gasteiger partial charge on any atom is 0.123 e. The van der Waals surface area contributed by atoms with E-state index in [0.29, 0.717) is 12.0 Å². The Balaban J connectivity index is 2.05. The smallest absolute Gasteiger partial charge is 0.123 e. The molecule has 150 valence electrons. The highest BCUT2D eigenvalue weighted by atomic mass is 32.1. The molecule has 0 aliphatic heterocycles. The van der Waals surface area contributed by atoms with Crippen LogP contribution < -0.4 is 0 Å². The number of benzene rings is 2. The van der Waals surface area contributed by atoms with Crippen LogP contribution in [0, 0.1) is 29.0 Å². The monoisotopic (exact) mass is 424 g/mol. The summed E-state index contributed by atoms with van der Waals surface area (Å²) in [4.78, 5) is 5.92. The minimum atomic E-state index is -0.296. The first-order valence-corrected chi connectivity index (χ1v) is 10.5. The van der Waals surface area contributed by atoms with Gasteiger partial charge in [0.25, 0.3) is 0 Å². The molecule has 0 spiro atoms. The Hall–Kier alpha value is -3.77. The average molecular weight is 425 g/mol. The molecule has 0 radical (unpaired) electrons. The number of aliphatic hydroxyl groups excluding tert-OH is 1. The Bertz CT molecular complexity index is 1310. The van der Waals surface area contributed by atoms with E-state index in [0.717, 1.165) is 37.6 Å². The number of rotatable bonds is 4. The molecule has 0 amide bonds. The van der Waals surface area contributed by atoms with E-state index < -0.39 is 0 Å². The lowest BCUT2D eigenvalue weighted by atomic mass is 9.93. The van der Waals surface area contributed by atoms with E-state index in [4.69, 9.17) is 5.11 Å². The third kappa shape index (κ3) is 4.39. The Morgan fingerprint density at radius 3 is 2.42 bits per heavy atom. The molecule has 4 aromatic rings. The SMILES string of the molecule is N#Cc1cccc(-c2c(C#CCCO)sc(-c3ccc(F)cc3)c2-c2ccncc2)c1. The van der Waals surface area contributed by atoms with Gasteiger partial charge in [0, 0.05) is 34.8 Å². The molecule has 31 heavy (non-hydrogen) atoms. The van der Waals surface area contributed by atoms with Crippen LogP contribution in [0.25, 0.3) is 32.7 Å². The van der Waals surface area contributed by atoms with Gasteiger partial charge in [-0.2, -0.15) is 5.26 Å². The topological polar surface area (TPSA) is 56.9 Å². The molecule has 2 aromatic heterocycles. The van der Waals surface area contributed by atoms with E-state index in [9.17, 15) is 9.65 Å². The summed E-state index contributed by atoms with van der Waals surface area (Å²) < 4.78 is 13.6. The molecule has 2 aromatic carbocycles. The minimum Gasteiger partial charge on any atom is -0.395 e. The molecule has 0 fully saturated rings. The molecule has 0 bridgehead atoms. The molecule has 3 nitrogen and oxygen atoms in total. The Labute approximate surface area is 184 Å². The minimum absolute atomic E-state index is 0.0142. The van der Waals surface area contributed by atoms with Crippen molar-refractivity contribution in [3.63, 3.8) is 0 Å². The maximum absolute atomic E-state index is 13.6. The van der Waals surface area contributed by atoms with E-state index in [-0.39, 0.29) is 12.4 Å². The van der Waals surface area contributed by atoms with Gasteiger partial charge in [0.1, 0.15) is 5.82 Å². The van der Waals surface area contributed by atoms with Crippen LogP contribution in [-0.2, 0) is 0 Å². The number of nitriles is 1. The van der Waals surface area contributed by atoms with Gasteiger partial charge in [0.2, 0.25) is 0 Å². The summed E-state index contributed by atoms with van der Waals surface area (Å²) in [6.07, 6.45) is 3.83. The zero-order valence-corrected chi connectivity index (χ0v) is 17.3. The van der Waals surface area contributed by atoms with Crippen LogP contribution in [0.2, 0.25) is 0 Å². The van der Waals surface area contributed by atoms with Crippen molar-refractivity contribution in [2.24, 2.45) is 0 Å². The molecule has 4 rings (SSSR count). The van der Waals surface area contributed by atoms with Crippen LogP contribution >= 0.6 is 11.3 Å². The van der Waals surface area contributed by atoms with Crippen molar-refractivity contribution < 1.29 is 9.50 Å². The average Bonchev–Trinajstić information content (AvgIpc) is 3.20. The standard InChI is InChI=1S/C26H17FN2OS/c27-22-9-7-20(8-10-22)26-25(19-11-13-29-14-12-19)24(23(31-26)6-1-2-15-30)21-5-3-4-18(16-21)17-28/h3-5,7-14,16,30H,2,15H2. The van der Waals surface area contributed by atoms with Gasteiger partial charge in [0.05, 0.1) is 23.1 Å². The van der Waals surface area contributed by atoms with E-state index in [2.05, 4.69) is 22.9 Å². The molecule has 1 N–H and O–H groups in total. The summed E-state index contributed by atoms with van der Waals surface area (Å²) >= 11 is 1.52. The Kier molecular flexibility index (Phi) is 6.19. The number of pyridine rings is 1. The highest BCUT2D eigenvalue weighted by molar-refractivity contribution is 7.17. The largest absolute Gasteiger partial charge is 0.395 e. The molecule has 0 atom stereocenters. The highest BCUT2D eigenvalue weighted by Gasteiger charge is 2.21. The number of hydrogen-bond donors (Lipinski definition) is 1. The third-order valence-corrected chi connectivity index (χ3v) is 5.86. The van der Waals surface area contributed by atoms with Gasteiger partial charge < -0.3 is 5.11 Å². The second-order valence-electron chi connectivity index (χ2n) is 6.72. The van der Waals surface area contributed by atoms with E-state index in [1.807, 2.05) is 30.3 Å². The Morgan fingerprint density at radius 2 is 1.71 bits per heavy atom. The first kappa shape index (κ1) is 20.5.